The maximum Gasteiger partial charge on any atom is -0.0220 e. The van der Waals surface area contributed by atoms with Crippen molar-refractivity contribution >= 4 is 0 Å². The summed E-state index contributed by atoms with van der Waals surface area (Å²) in [6.07, 6.45) is 4.58. The third-order valence-corrected chi connectivity index (χ3v) is 4.32. The molecule has 0 aliphatic heterocycles. The van der Waals surface area contributed by atoms with Gasteiger partial charge in [-0.1, -0.05) is 20.8 Å². The molecule has 3 atom stereocenters. The van der Waals surface area contributed by atoms with E-state index in [2.05, 4.69) is 20.8 Å². The third-order valence-electron chi connectivity index (χ3n) is 4.32. The van der Waals surface area contributed by atoms with Crippen LogP contribution < -0.4 is 0 Å². The SMILES string of the molecule is CC(C)C12CCC1CC2C. The third kappa shape index (κ3) is 0.500. The van der Waals surface area contributed by atoms with Gasteiger partial charge in [-0.2, -0.15) is 0 Å². The second-order valence-electron chi connectivity index (χ2n) is 4.64. The molecular formula is C10H18. The summed E-state index contributed by atoms with van der Waals surface area (Å²) in [5.74, 6) is 3.10. The van der Waals surface area contributed by atoms with Crippen molar-refractivity contribution in [1.82, 2.24) is 0 Å². The van der Waals surface area contributed by atoms with E-state index in [0.29, 0.717) is 0 Å². The fourth-order valence-electron chi connectivity index (χ4n) is 3.48. The van der Waals surface area contributed by atoms with Crippen LogP contribution in [-0.4, -0.2) is 0 Å². The molecule has 0 N–H and O–H groups in total. The highest BCUT2D eigenvalue weighted by molar-refractivity contribution is 5.08. The van der Waals surface area contributed by atoms with Gasteiger partial charge in [-0.15, -0.1) is 0 Å². The molecule has 2 saturated carbocycles. The lowest BCUT2D eigenvalue weighted by Gasteiger charge is -2.66. The second-order valence-corrected chi connectivity index (χ2v) is 4.64. The van der Waals surface area contributed by atoms with Crippen molar-refractivity contribution in [3.05, 3.63) is 0 Å². The van der Waals surface area contributed by atoms with E-state index in [9.17, 15) is 0 Å². The van der Waals surface area contributed by atoms with E-state index in [1.165, 1.54) is 19.3 Å². The van der Waals surface area contributed by atoms with Crippen LogP contribution in [0.2, 0.25) is 0 Å². The summed E-state index contributed by atoms with van der Waals surface area (Å²) in [6.45, 7) is 7.25. The lowest BCUT2D eigenvalue weighted by molar-refractivity contribution is -0.167. The molecule has 2 aliphatic carbocycles. The monoisotopic (exact) mass is 138 g/mol. The van der Waals surface area contributed by atoms with Crippen molar-refractivity contribution in [3.63, 3.8) is 0 Å². The van der Waals surface area contributed by atoms with E-state index in [1.807, 2.05) is 0 Å². The molecular weight excluding hydrogens is 120 g/mol. The van der Waals surface area contributed by atoms with Crippen molar-refractivity contribution < 1.29 is 0 Å². The smallest absolute Gasteiger partial charge is 0.0220 e. The van der Waals surface area contributed by atoms with Crippen LogP contribution in [0, 0.1) is 23.2 Å². The fraction of sp³-hybridized carbons (Fsp3) is 1.00. The molecule has 0 aromatic carbocycles. The van der Waals surface area contributed by atoms with Crippen LogP contribution in [0.5, 0.6) is 0 Å². The van der Waals surface area contributed by atoms with Crippen LogP contribution in [0.15, 0.2) is 0 Å². The first-order chi connectivity index (χ1) is 4.68. The Kier molecular flexibility index (Phi) is 1.19. The molecule has 2 aliphatic rings. The Labute approximate surface area is 64.0 Å². The lowest BCUT2D eigenvalue weighted by atomic mass is 9.39. The summed E-state index contributed by atoms with van der Waals surface area (Å²) >= 11 is 0. The lowest BCUT2D eigenvalue weighted by Crippen LogP contribution is -2.58. The zero-order valence-corrected chi connectivity index (χ0v) is 7.35. The van der Waals surface area contributed by atoms with Crippen molar-refractivity contribution in [1.29, 1.82) is 0 Å². The van der Waals surface area contributed by atoms with Gasteiger partial charge < -0.3 is 0 Å². The van der Waals surface area contributed by atoms with Crippen molar-refractivity contribution in [2.24, 2.45) is 23.2 Å². The van der Waals surface area contributed by atoms with Crippen molar-refractivity contribution in [2.45, 2.75) is 40.0 Å². The molecule has 0 radical (unpaired) electrons. The summed E-state index contributed by atoms with van der Waals surface area (Å²) in [7, 11) is 0. The normalized spacial score (nSPS) is 51.6. The zero-order valence-electron chi connectivity index (χ0n) is 7.35. The Morgan fingerprint density at radius 2 is 2.10 bits per heavy atom. The van der Waals surface area contributed by atoms with E-state index < -0.39 is 0 Å². The number of rotatable bonds is 1. The van der Waals surface area contributed by atoms with Crippen LogP contribution in [0.3, 0.4) is 0 Å². The van der Waals surface area contributed by atoms with Gasteiger partial charge in [0.1, 0.15) is 0 Å². The molecule has 0 heterocycles. The minimum Gasteiger partial charge on any atom is -0.0622 e. The van der Waals surface area contributed by atoms with Gasteiger partial charge >= 0.3 is 0 Å². The maximum atomic E-state index is 2.44. The van der Waals surface area contributed by atoms with Crippen LogP contribution in [0.25, 0.3) is 0 Å². The quantitative estimate of drug-likeness (QED) is 0.522. The minimum atomic E-state index is 0.819. The Morgan fingerprint density at radius 1 is 1.40 bits per heavy atom. The highest BCUT2D eigenvalue weighted by Crippen LogP contribution is 2.67. The van der Waals surface area contributed by atoms with E-state index in [0.717, 1.165) is 23.2 Å². The van der Waals surface area contributed by atoms with Gasteiger partial charge in [0.15, 0.2) is 0 Å². The first-order valence-electron chi connectivity index (χ1n) is 4.68. The van der Waals surface area contributed by atoms with E-state index in [4.69, 9.17) is 0 Å². The Hall–Kier alpha value is 0. The molecule has 0 nitrogen and oxygen atoms in total. The van der Waals surface area contributed by atoms with Crippen molar-refractivity contribution in [2.75, 3.05) is 0 Å². The van der Waals surface area contributed by atoms with E-state index in [-0.39, 0.29) is 0 Å². The van der Waals surface area contributed by atoms with Crippen LogP contribution in [0.4, 0.5) is 0 Å². The predicted octanol–water partition coefficient (Wildman–Crippen LogP) is 3.08. The van der Waals surface area contributed by atoms with Crippen LogP contribution in [-0.2, 0) is 0 Å². The number of hydrogen-bond donors (Lipinski definition) is 0. The molecule has 0 aromatic heterocycles. The van der Waals surface area contributed by atoms with Gasteiger partial charge in [0.2, 0.25) is 0 Å². The topological polar surface area (TPSA) is 0 Å². The van der Waals surface area contributed by atoms with E-state index >= 15 is 0 Å². The molecule has 0 heteroatoms. The zero-order chi connectivity index (χ0) is 7.35. The Balaban J connectivity index is 2.13. The summed E-state index contributed by atoms with van der Waals surface area (Å²) in [4.78, 5) is 0. The average Bonchev–Trinajstić information content (AvgIpc) is 1.81. The molecule has 0 aromatic rings. The predicted molar refractivity (Wildman–Crippen MR) is 43.8 cm³/mol. The molecule has 2 fully saturated rings. The molecule has 3 unspecified atom stereocenters. The summed E-state index contributed by atoms with van der Waals surface area (Å²) < 4.78 is 0. The first kappa shape index (κ1) is 6.69. The molecule has 0 saturated heterocycles. The molecule has 0 amide bonds. The molecule has 0 bridgehead atoms. The summed E-state index contributed by atoms with van der Waals surface area (Å²) in [6, 6.07) is 0. The summed E-state index contributed by atoms with van der Waals surface area (Å²) in [5.41, 5.74) is 0.819. The second kappa shape index (κ2) is 1.78. The summed E-state index contributed by atoms with van der Waals surface area (Å²) in [5, 5.41) is 0. The molecule has 2 rings (SSSR count). The van der Waals surface area contributed by atoms with E-state index in [1.54, 1.807) is 0 Å². The first-order valence-corrected chi connectivity index (χ1v) is 4.68. The van der Waals surface area contributed by atoms with Crippen LogP contribution >= 0.6 is 0 Å². The molecule has 10 heavy (non-hydrogen) atoms. The van der Waals surface area contributed by atoms with Gasteiger partial charge in [-0.05, 0) is 42.4 Å². The standard InChI is InChI=1S/C10H18/c1-7(2)10-5-4-9(10)6-8(10)3/h7-9H,4-6H2,1-3H3. The van der Waals surface area contributed by atoms with Crippen molar-refractivity contribution in [3.8, 4) is 0 Å². The molecule has 0 spiro atoms. The average molecular weight is 138 g/mol. The highest BCUT2D eigenvalue weighted by atomic mass is 14.6. The van der Waals surface area contributed by atoms with Gasteiger partial charge in [-0.25, -0.2) is 0 Å². The maximum absolute atomic E-state index is 2.44. The van der Waals surface area contributed by atoms with Crippen LogP contribution in [0.1, 0.15) is 40.0 Å². The Morgan fingerprint density at radius 3 is 2.20 bits per heavy atom. The number of fused-ring (bicyclic) bond motifs is 1. The fourth-order valence-corrected chi connectivity index (χ4v) is 3.48. The van der Waals surface area contributed by atoms with Gasteiger partial charge in [0.05, 0.1) is 0 Å². The number of hydrogen-bond acceptors (Lipinski definition) is 0. The van der Waals surface area contributed by atoms with Gasteiger partial charge in [0.25, 0.3) is 0 Å². The van der Waals surface area contributed by atoms with Gasteiger partial charge in [0, 0.05) is 0 Å². The Bertz CT molecular complexity index is 134. The largest absolute Gasteiger partial charge is 0.0622 e. The minimum absolute atomic E-state index is 0.819. The highest BCUT2D eigenvalue weighted by Gasteiger charge is 2.59. The molecule has 58 valence electrons. The van der Waals surface area contributed by atoms with Gasteiger partial charge in [-0.3, -0.25) is 0 Å².